The third-order valence-corrected chi connectivity index (χ3v) is 4.34. The summed E-state index contributed by atoms with van der Waals surface area (Å²) in [6, 6.07) is 5.89. The van der Waals surface area contributed by atoms with Gasteiger partial charge in [-0.3, -0.25) is 23.8 Å². The Kier molecular flexibility index (Phi) is 6.09. The van der Waals surface area contributed by atoms with Gasteiger partial charge in [0.2, 0.25) is 0 Å². The van der Waals surface area contributed by atoms with Gasteiger partial charge in [0.15, 0.2) is 0 Å². The van der Waals surface area contributed by atoms with Crippen LogP contribution in [-0.4, -0.2) is 25.2 Å². The van der Waals surface area contributed by atoms with Crippen molar-refractivity contribution in [1.82, 2.24) is 19.3 Å². The third-order valence-electron chi connectivity index (χ3n) is 4.34. The molecular formula is C19H20F2N6O3. The van der Waals surface area contributed by atoms with E-state index in [9.17, 15) is 23.2 Å². The lowest BCUT2D eigenvalue weighted by atomic mass is 10.1. The summed E-state index contributed by atoms with van der Waals surface area (Å²) in [6.07, 6.45) is 0.651. The molecule has 9 nitrogen and oxygen atoms in total. The number of nitrogens with zero attached hydrogens (tertiary/aromatic N) is 3. The lowest BCUT2D eigenvalue weighted by Crippen LogP contribution is -2.38. The number of nitrogens with one attached hydrogen (secondary N) is 2. The average Bonchev–Trinajstić information content (AvgIpc) is 3.17. The van der Waals surface area contributed by atoms with Crippen LogP contribution in [0.4, 0.5) is 20.3 Å². The van der Waals surface area contributed by atoms with Crippen molar-refractivity contribution < 1.29 is 13.6 Å². The predicted octanol–water partition coefficient (Wildman–Crippen LogP) is 1.96. The molecule has 30 heavy (non-hydrogen) atoms. The van der Waals surface area contributed by atoms with E-state index in [0.29, 0.717) is 12.0 Å². The Labute approximate surface area is 169 Å². The predicted molar refractivity (Wildman–Crippen MR) is 107 cm³/mol. The third kappa shape index (κ3) is 4.45. The van der Waals surface area contributed by atoms with Gasteiger partial charge in [0, 0.05) is 18.3 Å². The standard InChI is InChI=1S/C19H20F2N6O3/c1-2-6-27-18(29)14(16(22)25-19(27)30)24-17(28)13-8-23-26(10-13)9-11-4-3-5-12(7-11)15(20)21/h3-5,7-8,10,15H,2,6,9,22H2,1H3,(H,24,28)(H,25,30). The fourth-order valence-corrected chi connectivity index (χ4v) is 2.90. The molecule has 3 aromatic rings. The molecule has 3 rings (SSSR count). The smallest absolute Gasteiger partial charge is 0.330 e. The van der Waals surface area contributed by atoms with E-state index in [0.717, 1.165) is 4.57 Å². The van der Waals surface area contributed by atoms with Crippen molar-refractivity contribution in [3.8, 4) is 0 Å². The first-order valence-electron chi connectivity index (χ1n) is 9.13. The zero-order valence-corrected chi connectivity index (χ0v) is 16.1. The van der Waals surface area contributed by atoms with Gasteiger partial charge in [-0.2, -0.15) is 5.10 Å². The van der Waals surface area contributed by atoms with Crippen LogP contribution in [0.3, 0.4) is 0 Å². The maximum Gasteiger partial charge on any atom is 0.330 e. The van der Waals surface area contributed by atoms with Crippen molar-refractivity contribution >= 4 is 17.4 Å². The fraction of sp³-hybridized carbons (Fsp3) is 0.263. The number of nitrogens with two attached hydrogens (primary N) is 1. The monoisotopic (exact) mass is 418 g/mol. The first-order valence-corrected chi connectivity index (χ1v) is 9.13. The van der Waals surface area contributed by atoms with Crippen molar-refractivity contribution in [1.29, 1.82) is 0 Å². The highest BCUT2D eigenvalue weighted by molar-refractivity contribution is 6.05. The molecule has 2 heterocycles. The summed E-state index contributed by atoms with van der Waals surface area (Å²) >= 11 is 0. The van der Waals surface area contributed by atoms with E-state index in [4.69, 9.17) is 5.73 Å². The molecular weight excluding hydrogens is 398 g/mol. The molecule has 0 atom stereocenters. The molecule has 0 fully saturated rings. The number of anilines is 2. The zero-order chi connectivity index (χ0) is 21.8. The van der Waals surface area contributed by atoms with Crippen LogP contribution in [-0.2, 0) is 13.1 Å². The van der Waals surface area contributed by atoms with Crippen molar-refractivity contribution in [3.05, 3.63) is 74.2 Å². The first kappa shape index (κ1) is 21.0. The Bertz CT molecular complexity index is 1180. The summed E-state index contributed by atoms with van der Waals surface area (Å²) in [7, 11) is 0. The second-order valence-electron chi connectivity index (χ2n) is 6.60. The van der Waals surface area contributed by atoms with E-state index >= 15 is 0 Å². The lowest BCUT2D eigenvalue weighted by Gasteiger charge is -2.09. The van der Waals surface area contributed by atoms with E-state index in [2.05, 4.69) is 15.4 Å². The Balaban J connectivity index is 1.79. The fourth-order valence-electron chi connectivity index (χ4n) is 2.90. The van der Waals surface area contributed by atoms with Crippen LogP contribution in [0.1, 0.15) is 41.3 Å². The topological polar surface area (TPSA) is 128 Å². The van der Waals surface area contributed by atoms with Crippen LogP contribution in [0.15, 0.2) is 46.2 Å². The maximum atomic E-state index is 12.8. The number of H-pyrrole nitrogens is 1. The van der Waals surface area contributed by atoms with Gasteiger partial charge in [0.1, 0.15) is 11.5 Å². The van der Waals surface area contributed by atoms with Gasteiger partial charge < -0.3 is 11.1 Å². The molecule has 0 spiro atoms. The van der Waals surface area contributed by atoms with E-state index in [1.165, 1.54) is 35.3 Å². The van der Waals surface area contributed by atoms with E-state index in [1.807, 2.05) is 0 Å². The van der Waals surface area contributed by atoms with Gasteiger partial charge in [0.25, 0.3) is 17.9 Å². The SMILES string of the molecule is CCCn1c(=O)[nH]c(N)c(NC(=O)c2cnn(Cc3cccc(C(F)F)c3)c2)c1=O. The number of aromatic amines is 1. The van der Waals surface area contributed by atoms with E-state index in [1.54, 1.807) is 13.0 Å². The lowest BCUT2D eigenvalue weighted by molar-refractivity contribution is 0.102. The van der Waals surface area contributed by atoms with Crippen molar-refractivity contribution in [2.45, 2.75) is 32.9 Å². The minimum absolute atomic E-state index is 0.102. The highest BCUT2D eigenvalue weighted by Crippen LogP contribution is 2.20. The Morgan fingerprint density at radius 2 is 2.10 bits per heavy atom. The number of aromatic nitrogens is 4. The summed E-state index contributed by atoms with van der Waals surface area (Å²) in [5.41, 5.74) is 4.72. The molecule has 4 N–H and O–H groups in total. The van der Waals surface area contributed by atoms with Crippen molar-refractivity contribution in [2.24, 2.45) is 0 Å². The Morgan fingerprint density at radius 1 is 1.33 bits per heavy atom. The number of nitrogen functional groups attached to an aromatic ring is 1. The van der Waals surface area contributed by atoms with Crippen LogP contribution in [0.25, 0.3) is 0 Å². The van der Waals surface area contributed by atoms with Crippen molar-refractivity contribution in [3.63, 3.8) is 0 Å². The number of carbonyl (C=O) groups excluding carboxylic acids is 1. The molecule has 0 aliphatic heterocycles. The number of halogens is 2. The molecule has 0 aliphatic rings. The molecule has 0 bridgehead atoms. The average molecular weight is 418 g/mol. The largest absolute Gasteiger partial charge is 0.383 e. The first-order chi connectivity index (χ1) is 14.3. The van der Waals surface area contributed by atoms with Gasteiger partial charge in [-0.25, -0.2) is 13.6 Å². The minimum atomic E-state index is -2.58. The molecule has 0 saturated carbocycles. The molecule has 0 saturated heterocycles. The molecule has 0 aliphatic carbocycles. The second kappa shape index (κ2) is 8.72. The molecule has 0 radical (unpaired) electrons. The van der Waals surface area contributed by atoms with Crippen LogP contribution in [0.5, 0.6) is 0 Å². The van der Waals surface area contributed by atoms with Crippen molar-refractivity contribution in [2.75, 3.05) is 11.1 Å². The summed E-state index contributed by atoms with van der Waals surface area (Å²) in [5, 5.41) is 6.45. The molecule has 0 unspecified atom stereocenters. The zero-order valence-electron chi connectivity index (χ0n) is 16.1. The molecule has 11 heteroatoms. The highest BCUT2D eigenvalue weighted by Gasteiger charge is 2.17. The number of rotatable bonds is 7. The quantitative estimate of drug-likeness (QED) is 0.540. The second-order valence-corrected chi connectivity index (χ2v) is 6.60. The number of alkyl halides is 2. The number of benzene rings is 1. The highest BCUT2D eigenvalue weighted by atomic mass is 19.3. The number of hydrogen-bond donors (Lipinski definition) is 3. The van der Waals surface area contributed by atoms with E-state index < -0.39 is 23.6 Å². The van der Waals surface area contributed by atoms with Gasteiger partial charge in [-0.1, -0.05) is 25.1 Å². The van der Waals surface area contributed by atoms with Crippen LogP contribution in [0.2, 0.25) is 0 Å². The number of hydrogen-bond acceptors (Lipinski definition) is 5. The normalized spacial score (nSPS) is 11.1. The number of carbonyl (C=O) groups is 1. The summed E-state index contributed by atoms with van der Waals surface area (Å²) < 4.78 is 28.0. The minimum Gasteiger partial charge on any atom is -0.383 e. The Morgan fingerprint density at radius 3 is 2.80 bits per heavy atom. The van der Waals surface area contributed by atoms with E-state index in [-0.39, 0.29) is 35.7 Å². The summed E-state index contributed by atoms with van der Waals surface area (Å²) in [5.74, 6) is -0.900. The Hall–Kier alpha value is -3.76. The summed E-state index contributed by atoms with van der Waals surface area (Å²) in [4.78, 5) is 39.2. The molecule has 1 amide bonds. The van der Waals surface area contributed by atoms with Gasteiger partial charge in [-0.05, 0) is 18.1 Å². The summed E-state index contributed by atoms with van der Waals surface area (Å²) in [6.45, 7) is 2.15. The van der Waals surface area contributed by atoms with Gasteiger partial charge in [-0.15, -0.1) is 0 Å². The number of amides is 1. The van der Waals surface area contributed by atoms with Crippen LogP contribution < -0.4 is 22.3 Å². The van der Waals surface area contributed by atoms with Crippen LogP contribution >= 0.6 is 0 Å². The molecule has 1 aromatic carbocycles. The van der Waals surface area contributed by atoms with Gasteiger partial charge >= 0.3 is 5.69 Å². The maximum absolute atomic E-state index is 12.8. The molecule has 158 valence electrons. The van der Waals surface area contributed by atoms with Gasteiger partial charge in [0.05, 0.1) is 18.3 Å². The van der Waals surface area contributed by atoms with Crippen LogP contribution in [0, 0.1) is 0 Å². The molecule has 2 aromatic heterocycles.